The van der Waals surface area contributed by atoms with Gasteiger partial charge in [0.15, 0.2) is 0 Å². The Labute approximate surface area is 182 Å². The Morgan fingerprint density at radius 3 is 2.39 bits per heavy atom. The number of piperazine rings is 1. The Bertz CT molecular complexity index is 1070. The van der Waals surface area contributed by atoms with Gasteiger partial charge in [0, 0.05) is 39.1 Å². The van der Waals surface area contributed by atoms with Crippen molar-refractivity contribution in [1.29, 1.82) is 5.26 Å². The minimum absolute atomic E-state index is 0.00966. The summed E-state index contributed by atoms with van der Waals surface area (Å²) in [6.45, 7) is 5.48. The molecule has 31 heavy (non-hydrogen) atoms. The Balaban J connectivity index is 1.87. The van der Waals surface area contributed by atoms with Crippen LogP contribution in [0.5, 0.6) is 0 Å². The molecule has 0 amide bonds. The monoisotopic (exact) mass is 442 g/mol. The maximum Gasteiger partial charge on any atom is 0.335 e. The summed E-state index contributed by atoms with van der Waals surface area (Å²) in [5.74, 6) is -1.12. The number of hydrogen-bond donors (Lipinski definition) is 2. The summed E-state index contributed by atoms with van der Waals surface area (Å²) in [7, 11) is -3.88. The van der Waals surface area contributed by atoms with Crippen LogP contribution in [0.15, 0.2) is 47.4 Å². The molecule has 1 fully saturated rings. The number of benzene rings is 2. The van der Waals surface area contributed by atoms with Gasteiger partial charge in [0.05, 0.1) is 27.9 Å². The van der Waals surface area contributed by atoms with Crippen LogP contribution in [0.25, 0.3) is 0 Å². The zero-order chi connectivity index (χ0) is 22.4. The number of anilines is 2. The van der Waals surface area contributed by atoms with E-state index in [2.05, 4.69) is 15.7 Å². The van der Waals surface area contributed by atoms with Crippen molar-refractivity contribution in [2.24, 2.45) is 0 Å². The molecule has 0 saturated carbocycles. The first kappa shape index (κ1) is 22.6. The van der Waals surface area contributed by atoms with Crippen LogP contribution < -0.4 is 9.62 Å². The summed E-state index contributed by atoms with van der Waals surface area (Å²) in [6, 6.07) is 13.3. The summed E-state index contributed by atoms with van der Waals surface area (Å²) in [5.41, 5.74) is 1.92. The van der Waals surface area contributed by atoms with Gasteiger partial charge in [0.1, 0.15) is 0 Å². The molecule has 0 bridgehead atoms. The molecular weight excluding hydrogens is 416 g/mol. The smallest absolute Gasteiger partial charge is 0.335 e. The molecule has 0 aromatic heterocycles. The van der Waals surface area contributed by atoms with Crippen LogP contribution >= 0.6 is 0 Å². The number of nitrogens with zero attached hydrogens (tertiary/aromatic N) is 3. The lowest BCUT2D eigenvalue weighted by atomic mass is 10.1. The van der Waals surface area contributed by atoms with E-state index < -0.39 is 16.0 Å². The van der Waals surface area contributed by atoms with Gasteiger partial charge in [-0.25, -0.2) is 13.2 Å². The van der Waals surface area contributed by atoms with E-state index in [-0.39, 0.29) is 16.1 Å². The number of carboxylic acids is 1. The lowest BCUT2D eigenvalue weighted by molar-refractivity contribution is 0.0697. The van der Waals surface area contributed by atoms with Crippen molar-refractivity contribution in [1.82, 2.24) is 4.90 Å². The third kappa shape index (κ3) is 5.54. The van der Waals surface area contributed by atoms with Gasteiger partial charge >= 0.3 is 5.97 Å². The average Bonchev–Trinajstić information content (AvgIpc) is 2.78. The van der Waals surface area contributed by atoms with Crippen molar-refractivity contribution in [2.45, 2.75) is 24.7 Å². The summed E-state index contributed by atoms with van der Waals surface area (Å²) < 4.78 is 28.5. The normalized spacial score (nSPS) is 14.8. The molecule has 1 heterocycles. The first-order valence-electron chi connectivity index (χ1n) is 10.2. The van der Waals surface area contributed by atoms with E-state index in [4.69, 9.17) is 5.26 Å². The van der Waals surface area contributed by atoms with E-state index in [9.17, 15) is 18.3 Å². The summed E-state index contributed by atoms with van der Waals surface area (Å²) >= 11 is 0. The molecule has 164 valence electrons. The summed E-state index contributed by atoms with van der Waals surface area (Å²) in [5, 5.41) is 18.1. The number of aromatic carboxylic acids is 1. The van der Waals surface area contributed by atoms with Gasteiger partial charge in [0.2, 0.25) is 0 Å². The van der Waals surface area contributed by atoms with E-state index in [0.29, 0.717) is 31.7 Å². The van der Waals surface area contributed by atoms with Crippen LogP contribution in [0.3, 0.4) is 0 Å². The highest BCUT2D eigenvalue weighted by Crippen LogP contribution is 2.30. The zero-order valence-electron chi connectivity index (χ0n) is 17.4. The predicted molar refractivity (Wildman–Crippen MR) is 119 cm³/mol. The molecule has 0 atom stereocenters. The molecule has 2 aromatic carbocycles. The molecule has 0 radical (unpaired) electrons. The first-order valence-corrected chi connectivity index (χ1v) is 11.7. The molecule has 0 unspecified atom stereocenters. The van der Waals surface area contributed by atoms with Crippen molar-refractivity contribution in [3.05, 3.63) is 53.6 Å². The maximum atomic E-state index is 13.0. The van der Waals surface area contributed by atoms with Crippen molar-refractivity contribution in [3.8, 4) is 6.07 Å². The Kier molecular flexibility index (Phi) is 7.15. The number of nitriles is 1. The number of rotatable bonds is 8. The molecule has 8 nitrogen and oxygen atoms in total. The van der Waals surface area contributed by atoms with Gasteiger partial charge in [0.25, 0.3) is 10.0 Å². The standard InChI is InChI=1S/C22H26N4O4S/c1-2-17-4-7-19(8-5-17)31(29,30)24-20-16-18(22(27)28)6-9-21(20)26-14-12-25(13-15-26)11-3-10-23/h4-9,16,24H,2-3,11-15H2,1H3,(H,27,28). The Hall–Kier alpha value is -3.09. The molecule has 1 aliphatic rings. The van der Waals surface area contributed by atoms with E-state index in [1.165, 1.54) is 12.1 Å². The van der Waals surface area contributed by atoms with Crippen LogP contribution in [0.4, 0.5) is 11.4 Å². The SMILES string of the molecule is CCc1ccc(S(=O)(=O)Nc2cc(C(=O)O)ccc2N2CCN(CCC#N)CC2)cc1. The minimum Gasteiger partial charge on any atom is -0.478 e. The molecule has 9 heteroatoms. The third-order valence-corrected chi connectivity index (χ3v) is 6.76. The van der Waals surface area contributed by atoms with E-state index in [1.54, 1.807) is 30.3 Å². The van der Waals surface area contributed by atoms with Gasteiger partial charge in [-0.3, -0.25) is 9.62 Å². The number of carboxylic acid groups (broad SMARTS) is 1. The first-order chi connectivity index (χ1) is 14.8. The number of nitrogens with one attached hydrogen (secondary N) is 1. The average molecular weight is 443 g/mol. The van der Waals surface area contributed by atoms with Gasteiger partial charge in [-0.1, -0.05) is 19.1 Å². The van der Waals surface area contributed by atoms with Crippen molar-refractivity contribution < 1.29 is 18.3 Å². The number of carbonyl (C=O) groups is 1. The molecule has 2 aromatic rings. The fourth-order valence-corrected chi connectivity index (χ4v) is 4.62. The second-order valence-electron chi connectivity index (χ2n) is 7.38. The van der Waals surface area contributed by atoms with Crippen LogP contribution in [0.1, 0.15) is 29.3 Å². The second kappa shape index (κ2) is 9.81. The van der Waals surface area contributed by atoms with Gasteiger partial charge in [-0.15, -0.1) is 0 Å². The maximum absolute atomic E-state index is 13.0. The number of sulfonamides is 1. The van der Waals surface area contributed by atoms with Gasteiger partial charge in [-0.2, -0.15) is 5.26 Å². The summed E-state index contributed by atoms with van der Waals surface area (Å²) in [4.78, 5) is 15.8. The lowest BCUT2D eigenvalue weighted by Gasteiger charge is -2.36. The topological polar surface area (TPSA) is 114 Å². The van der Waals surface area contributed by atoms with Crippen molar-refractivity contribution >= 4 is 27.4 Å². The van der Waals surface area contributed by atoms with Crippen molar-refractivity contribution in [2.75, 3.05) is 42.3 Å². The fraction of sp³-hybridized carbons (Fsp3) is 0.364. The number of aryl methyl sites for hydroxylation is 1. The minimum atomic E-state index is -3.88. The highest BCUT2D eigenvalue weighted by atomic mass is 32.2. The van der Waals surface area contributed by atoms with Gasteiger partial charge in [-0.05, 0) is 42.3 Å². The van der Waals surface area contributed by atoms with E-state index >= 15 is 0 Å². The fourth-order valence-electron chi connectivity index (χ4n) is 3.56. The highest BCUT2D eigenvalue weighted by Gasteiger charge is 2.23. The largest absolute Gasteiger partial charge is 0.478 e. The van der Waals surface area contributed by atoms with E-state index in [0.717, 1.165) is 25.1 Å². The molecule has 0 spiro atoms. The number of hydrogen-bond acceptors (Lipinski definition) is 6. The van der Waals surface area contributed by atoms with Crippen LogP contribution in [-0.4, -0.2) is 57.1 Å². The molecule has 2 N–H and O–H groups in total. The van der Waals surface area contributed by atoms with Gasteiger partial charge < -0.3 is 10.0 Å². The zero-order valence-corrected chi connectivity index (χ0v) is 18.2. The van der Waals surface area contributed by atoms with E-state index in [1.807, 2.05) is 11.8 Å². The quantitative estimate of drug-likeness (QED) is 0.646. The highest BCUT2D eigenvalue weighted by molar-refractivity contribution is 7.92. The molecular formula is C22H26N4O4S. The van der Waals surface area contributed by atoms with Crippen LogP contribution in [0, 0.1) is 11.3 Å². The summed E-state index contributed by atoms with van der Waals surface area (Å²) in [6.07, 6.45) is 1.27. The van der Waals surface area contributed by atoms with Crippen molar-refractivity contribution in [3.63, 3.8) is 0 Å². The molecule has 1 aliphatic heterocycles. The Morgan fingerprint density at radius 2 is 1.81 bits per heavy atom. The van der Waals surface area contributed by atoms with Crippen LogP contribution in [-0.2, 0) is 16.4 Å². The third-order valence-electron chi connectivity index (χ3n) is 5.38. The van der Waals surface area contributed by atoms with Crippen LogP contribution in [0.2, 0.25) is 0 Å². The lowest BCUT2D eigenvalue weighted by Crippen LogP contribution is -2.46. The molecule has 0 aliphatic carbocycles. The Morgan fingerprint density at radius 1 is 1.13 bits per heavy atom. The predicted octanol–water partition coefficient (Wildman–Crippen LogP) is 2.78. The second-order valence-corrected chi connectivity index (χ2v) is 9.06. The molecule has 1 saturated heterocycles. The molecule has 3 rings (SSSR count).